The van der Waals surface area contributed by atoms with E-state index in [0.717, 1.165) is 5.56 Å². The molecular weight excluding hydrogens is 376 g/mol. The number of rotatable bonds is 6. The van der Waals surface area contributed by atoms with Gasteiger partial charge >= 0.3 is 6.61 Å². The summed E-state index contributed by atoms with van der Waals surface area (Å²) in [5.74, 6) is -0.0689. The highest BCUT2D eigenvalue weighted by atomic mass is 35.5. The Morgan fingerprint density at radius 1 is 1.19 bits per heavy atom. The van der Waals surface area contributed by atoms with Crippen molar-refractivity contribution in [3.05, 3.63) is 64.7 Å². The quantitative estimate of drug-likeness (QED) is 0.793. The first kappa shape index (κ1) is 19.6. The summed E-state index contributed by atoms with van der Waals surface area (Å²) in [5.41, 5.74) is 0.806. The van der Waals surface area contributed by atoms with Gasteiger partial charge in [0.2, 0.25) is 5.91 Å². The van der Waals surface area contributed by atoms with Gasteiger partial charge in [-0.1, -0.05) is 35.9 Å². The summed E-state index contributed by atoms with van der Waals surface area (Å²) in [4.78, 5) is 13.1. The van der Waals surface area contributed by atoms with E-state index >= 15 is 0 Å². The molecule has 1 saturated heterocycles. The molecule has 0 saturated carbocycles. The third-order valence-electron chi connectivity index (χ3n) is 4.73. The molecule has 7 heteroatoms. The number of halogens is 3. The third kappa shape index (κ3) is 4.76. The lowest BCUT2D eigenvalue weighted by atomic mass is 9.73. The van der Waals surface area contributed by atoms with Crippen LogP contribution in [0.4, 0.5) is 8.78 Å². The van der Waals surface area contributed by atoms with Crippen LogP contribution >= 0.6 is 11.6 Å². The molecular formula is C20H20ClF2NO3. The Labute approximate surface area is 161 Å². The Bertz CT molecular complexity index is 794. The van der Waals surface area contributed by atoms with Crippen molar-refractivity contribution in [1.29, 1.82) is 0 Å². The number of carbonyl (C=O) groups excluding carboxylic acids is 1. The molecule has 0 radical (unpaired) electrons. The number of carbonyl (C=O) groups is 1. The van der Waals surface area contributed by atoms with Crippen LogP contribution in [0.5, 0.6) is 5.75 Å². The van der Waals surface area contributed by atoms with E-state index in [1.807, 2.05) is 18.2 Å². The molecule has 0 aliphatic carbocycles. The smallest absolute Gasteiger partial charge is 0.387 e. The fourth-order valence-corrected chi connectivity index (χ4v) is 3.53. The first-order valence-electron chi connectivity index (χ1n) is 8.65. The monoisotopic (exact) mass is 395 g/mol. The number of alkyl halides is 2. The summed E-state index contributed by atoms with van der Waals surface area (Å²) >= 11 is 6.12. The molecule has 2 aromatic rings. The second kappa shape index (κ2) is 8.67. The molecule has 0 spiro atoms. The van der Waals surface area contributed by atoms with Crippen molar-refractivity contribution in [3.8, 4) is 5.75 Å². The van der Waals surface area contributed by atoms with E-state index in [1.165, 1.54) is 12.1 Å². The molecule has 27 heavy (non-hydrogen) atoms. The number of amides is 1. The summed E-state index contributed by atoms with van der Waals surface area (Å²) in [6.07, 6.45) is 1.10. The van der Waals surface area contributed by atoms with Crippen LogP contribution < -0.4 is 10.1 Å². The number of hydrogen-bond acceptors (Lipinski definition) is 3. The topological polar surface area (TPSA) is 47.6 Å². The zero-order valence-electron chi connectivity index (χ0n) is 14.6. The standard InChI is InChI=1S/C20H20ClF2NO3/c21-16-5-2-4-15(12-16)20(7-9-26-10-8-20)18(25)24-13-14-3-1-6-17(11-14)27-19(22)23/h1-6,11-12,19H,7-10,13H2,(H,24,25). The summed E-state index contributed by atoms with van der Waals surface area (Å²) in [6, 6.07) is 13.6. The minimum absolute atomic E-state index is 0.0624. The van der Waals surface area contributed by atoms with Crippen molar-refractivity contribution < 1.29 is 23.0 Å². The lowest BCUT2D eigenvalue weighted by molar-refractivity contribution is -0.130. The van der Waals surface area contributed by atoms with Gasteiger partial charge < -0.3 is 14.8 Å². The van der Waals surface area contributed by atoms with Gasteiger partial charge in [0.25, 0.3) is 0 Å². The van der Waals surface area contributed by atoms with Gasteiger partial charge in [-0.15, -0.1) is 0 Å². The second-order valence-electron chi connectivity index (χ2n) is 6.41. The summed E-state index contributed by atoms with van der Waals surface area (Å²) < 4.78 is 34.6. The molecule has 2 aromatic carbocycles. The fourth-order valence-electron chi connectivity index (χ4n) is 3.34. The van der Waals surface area contributed by atoms with Crippen LogP contribution in [0.2, 0.25) is 5.02 Å². The highest BCUT2D eigenvalue weighted by molar-refractivity contribution is 6.30. The number of nitrogens with one attached hydrogen (secondary N) is 1. The van der Waals surface area contributed by atoms with Gasteiger partial charge in [-0.05, 0) is 48.2 Å². The van der Waals surface area contributed by atoms with Gasteiger partial charge in [0.15, 0.2) is 0 Å². The molecule has 0 aromatic heterocycles. The molecule has 1 fully saturated rings. The second-order valence-corrected chi connectivity index (χ2v) is 6.85. The zero-order chi connectivity index (χ0) is 19.3. The van der Waals surface area contributed by atoms with Crippen molar-refractivity contribution in [2.24, 2.45) is 0 Å². The van der Waals surface area contributed by atoms with E-state index in [-0.39, 0.29) is 18.2 Å². The highest BCUT2D eigenvalue weighted by Crippen LogP contribution is 2.36. The summed E-state index contributed by atoms with van der Waals surface area (Å²) in [7, 11) is 0. The Kier molecular flexibility index (Phi) is 6.29. The normalized spacial score (nSPS) is 16.1. The Morgan fingerprint density at radius 3 is 2.63 bits per heavy atom. The lowest BCUT2D eigenvalue weighted by Gasteiger charge is -2.36. The number of benzene rings is 2. The van der Waals surface area contributed by atoms with Gasteiger partial charge in [-0.25, -0.2) is 0 Å². The Morgan fingerprint density at radius 2 is 1.93 bits per heavy atom. The SMILES string of the molecule is O=C(NCc1cccc(OC(F)F)c1)C1(c2cccc(Cl)c2)CCOCC1. The van der Waals surface area contributed by atoms with Crippen LogP contribution in [-0.2, 0) is 21.5 Å². The molecule has 144 valence electrons. The van der Waals surface area contributed by atoms with Crippen LogP contribution in [0, 0.1) is 0 Å². The van der Waals surface area contributed by atoms with Crippen LogP contribution in [0.25, 0.3) is 0 Å². The third-order valence-corrected chi connectivity index (χ3v) is 4.97. The van der Waals surface area contributed by atoms with E-state index in [0.29, 0.717) is 36.6 Å². The van der Waals surface area contributed by atoms with Gasteiger partial charge in [0.05, 0.1) is 5.41 Å². The maximum atomic E-state index is 13.1. The van der Waals surface area contributed by atoms with Crippen LogP contribution in [0.3, 0.4) is 0 Å². The molecule has 1 heterocycles. The van der Waals surface area contributed by atoms with E-state index in [9.17, 15) is 13.6 Å². The van der Waals surface area contributed by atoms with Crippen LogP contribution in [-0.4, -0.2) is 25.7 Å². The highest BCUT2D eigenvalue weighted by Gasteiger charge is 2.41. The molecule has 1 amide bonds. The predicted molar refractivity (Wildman–Crippen MR) is 98.1 cm³/mol. The number of ether oxygens (including phenoxy) is 2. The van der Waals surface area contributed by atoms with Crippen molar-refractivity contribution in [3.63, 3.8) is 0 Å². The lowest BCUT2D eigenvalue weighted by Crippen LogP contribution is -2.47. The van der Waals surface area contributed by atoms with E-state index in [2.05, 4.69) is 10.1 Å². The minimum atomic E-state index is -2.89. The maximum Gasteiger partial charge on any atom is 0.387 e. The van der Waals surface area contributed by atoms with Crippen molar-refractivity contribution in [2.45, 2.75) is 31.4 Å². The first-order valence-corrected chi connectivity index (χ1v) is 9.03. The largest absolute Gasteiger partial charge is 0.435 e. The molecule has 0 unspecified atom stereocenters. The van der Waals surface area contributed by atoms with Gasteiger partial charge in [-0.3, -0.25) is 4.79 Å². The van der Waals surface area contributed by atoms with Crippen LogP contribution in [0.15, 0.2) is 48.5 Å². The van der Waals surface area contributed by atoms with E-state index < -0.39 is 12.0 Å². The molecule has 1 aliphatic rings. The molecule has 4 nitrogen and oxygen atoms in total. The number of hydrogen-bond donors (Lipinski definition) is 1. The van der Waals surface area contributed by atoms with E-state index in [4.69, 9.17) is 16.3 Å². The fraction of sp³-hybridized carbons (Fsp3) is 0.350. The molecule has 1 N–H and O–H groups in total. The predicted octanol–water partition coefficient (Wildman–Crippen LogP) is 4.31. The van der Waals surface area contributed by atoms with E-state index in [1.54, 1.807) is 18.2 Å². The molecule has 0 atom stereocenters. The minimum Gasteiger partial charge on any atom is -0.435 e. The van der Waals surface area contributed by atoms with Gasteiger partial charge in [0, 0.05) is 24.8 Å². The van der Waals surface area contributed by atoms with Crippen molar-refractivity contribution in [2.75, 3.05) is 13.2 Å². The summed E-state index contributed by atoms with van der Waals surface area (Å²) in [5, 5.41) is 3.50. The zero-order valence-corrected chi connectivity index (χ0v) is 15.3. The maximum absolute atomic E-state index is 13.1. The molecule has 3 rings (SSSR count). The average Bonchev–Trinajstić information content (AvgIpc) is 2.66. The van der Waals surface area contributed by atoms with Crippen LogP contribution in [0.1, 0.15) is 24.0 Å². The van der Waals surface area contributed by atoms with Gasteiger partial charge in [0.1, 0.15) is 5.75 Å². The van der Waals surface area contributed by atoms with Crippen molar-refractivity contribution in [1.82, 2.24) is 5.32 Å². The molecule has 1 aliphatic heterocycles. The summed E-state index contributed by atoms with van der Waals surface area (Å²) in [6.45, 7) is -1.71. The van der Waals surface area contributed by atoms with Gasteiger partial charge in [-0.2, -0.15) is 8.78 Å². The first-order chi connectivity index (χ1) is 13.0. The average molecular weight is 396 g/mol. The Balaban J connectivity index is 1.76. The Hall–Kier alpha value is -2.18. The van der Waals surface area contributed by atoms with Crippen molar-refractivity contribution >= 4 is 17.5 Å². The molecule has 0 bridgehead atoms.